The predicted molar refractivity (Wildman–Crippen MR) is 109 cm³/mol. The second-order valence-electron chi connectivity index (χ2n) is 7.24. The molecule has 9 heteroatoms. The van der Waals surface area contributed by atoms with Gasteiger partial charge in [-0.15, -0.1) is 0 Å². The number of carbonyl (C=O) groups excluding carboxylic acids is 1. The molecule has 3 rings (SSSR count). The Labute approximate surface area is 174 Å². The fourth-order valence-corrected chi connectivity index (χ4v) is 3.59. The zero-order chi connectivity index (χ0) is 20.8. The number of piperidine rings is 1. The summed E-state index contributed by atoms with van der Waals surface area (Å²) in [5, 5.41) is 16.6. The molecule has 1 aromatic heterocycles. The maximum atomic E-state index is 11.5. The first-order valence-electron chi connectivity index (χ1n) is 9.57. The number of nitrogens with one attached hydrogen (secondary N) is 1. The summed E-state index contributed by atoms with van der Waals surface area (Å²) in [5.74, 6) is 0.734. The lowest BCUT2D eigenvalue weighted by Crippen LogP contribution is -2.44. The van der Waals surface area contributed by atoms with Crippen molar-refractivity contribution in [2.45, 2.75) is 19.4 Å². The molecule has 29 heavy (non-hydrogen) atoms. The second-order valence-corrected chi connectivity index (χ2v) is 7.68. The Morgan fingerprint density at radius 1 is 1.31 bits per heavy atom. The molecule has 2 aromatic rings. The number of likely N-dealkylation sites (tertiary alicyclic amines) is 1. The van der Waals surface area contributed by atoms with Crippen LogP contribution in [0, 0.1) is 5.92 Å². The minimum atomic E-state index is -1.06. The maximum absolute atomic E-state index is 11.5. The highest BCUT2D eigenvalue weighted by molar-refractivity contribution is 6.30. The van der Waals surface area contributed by atoms with Gasteiger partial charge >= 0.3 is 6.09 Å². The number of carbonyl (C=O) groups is 2. The number of benzene rings is 1. The number of hydrogen-bond acceptors (Lipinski definition) is 5. The number of amides is 2. The molecule has 0 atom stereocenters. The molecule has 0 unspecified atom stereocenters. The average Bonchev–Trinajstić information content (AvgIpc) is 3.17. The molecular formula is C20H25ClN4O4. The lowest BCUT2D eigenvalue weighted by molar-refractivity contribution is -0.121. The van der Waals surface area contributed by atoms with Gasteiger partial charge in [-0.3, -0.25) is 14.6 Å². The third-order valence-corrected chi connectivity index (χ3v) is 5.40. The molecule has 1 aromatic carbocycles. The van der Waals surface area contributed by atoms with Crippen LogP contribution < -0.4 is 5.32 Å². The van der Waals surface area contributed by atoms with Gasteiger partial charge in [0.15, 0.2) is 5.76 Å². The Kier molecular flexibility index (Phi) is 7.11. The van der Waals surface area contributed by atoms with Gasteiger partial charge in [0.05, 0.1) is 6.54 Å². The Morgan fingerprint density at radius 2 is 2.00 bits per heavy atom. The lowest BCUT2D eigenvalue weighted by Gasteiger charge is -2.33. The summed E-state index contributed by atoms with van der Waals surface area (Å²) in [7, 11) is 1.50. The lowest BCUT2D eigenvalue weighted by atomic mass is 9.96. The summed E-state index contributed by atoms with van der Waals surface area (Å²) >= 11 is 5.92. The van der Waals surface area contributed by atoms with Crippen LogP contribution in [0.3, 0.4) is 0 Å². The van der Waals surface area contributed by atoms with E-state index in [2.05, 4.69) is 15.4 Å². The Balaban J connectivity index is 1.49. The van der Waals surface area contributed by atoms with Crippen molar-refractivity contribution in [1.29, 1.82) is 0 Å². The normalized spacial score (nSPS) is 15.2. The van der Waals surface area contributed by atoms with Crippen molar-refractivity contribution < 1.29 is 19.2 Å². The number of halogens is 1. The number of rotatable bonds is 7. The SMILES string of the molecule is CNC(=O)CN(CC1CCN(Cc2cc(-c3ccc(Cl)cc3)no2)CC1)C(=O)O. The van der Waals surface area contributed by atoms with Crippen molar-refractivity contribution in [3.05, 3.63) is 41.1 Å². The van der Waals surface area contributed by atoms with Gasteiger partial charge < -0.3 is 14.9 Å². The van der Waals surface area contributed by atoms with Gasteiger partial charge in [0.1, 0.15) is 12.2 Å². The number of aromatic nitrogens is 1. The van der Waals surface area contributed by atoms with Gasteiger partial charge in [0.2, 0.25) is 5.91 Å². The summed E-state index contributed by atoms with van der Waals surface area (Å²) < 4.78 is 5.48. The Bertz CT molecular complexity index is 831. The van der Waals surface area contributed by atoms with Crippen LogP contribution in [0.5, 0.6) is 0 Å². The molecule has 1 aliphatic rings. The first-order valence-corrected chi connectivity index (χ1v) is 9.94. The highest BCUT2D eigenvalue weighted by atomic mass is 35.5. The van der Waals surface area contributed by atoms with Gasteiger partial charge in [-0.25, -0.2) is 4.79 Å². The van der Waals surface area contributed by atoms with Gasteiger partial charge in [-0.05, 0) is 44.0 Å². The van der Waals surface area contributed by atoms with Crippen LogP contribution in [-0.4, -0.2) is 65.3 Å². The van der Waals surface area contributed by atoms with Crippen LogP contribution in [0.1, 0.15) is 18.6 Å². The molecule has 1 saturated heterocycles. The fraction of sp³-hybridized carbons (Fsp3) is 0.450. The van der Waals surface area contributed by atoms with Crippen LogP contribution >= 0.6 is 11.6 Å². The van der Waals surface area contributed by atoms with Crippen LogP contribution in [0.2, 0.25) is 5.02 Å². The topological polar surface area (TPSA) is 98.9 Å². The van der Waals surface area contributed by atoms with Crippen molar-refractivity contribution in [2.24, 2.45) is 5.92 Å². The van der Waals surface area contributed by atoms with E-state index in [-0.39, 0.29) is 18.4 Å². The van der Waals surface area contributed by atoms with Gasteiger partial charge in [-0.1, -0.05) is 28.9 Å². The summed E-state index contributed by atoms with van der Waals surface area (Å²) in [5.41, 5.74) is 1.73. The number of hydrogen-bond donors (Lipinski definition) is 2. The van der Waals surface area contributed by atoms with Crippen LogP contribution in [0.4, 0.5) is 4.79 Å². The molecule has 0 spiro atoms. The van der Waals surface area contributed by atoms with E-state index in [9.17, 15) is 14.7 Å². The molecule has 2 N–H and O–H groups in total. The van der Waals surface area contributed by atoms with E-state index >= 15 is 0 Å². The van der Waals surface area contributed by atoms with E-state index in [0.29, 0.717) is 18.1 Å². The standard InChI is InChI=1S/C20H25ClN4O4/c1-22-19(26)13-25(20(27)28)11-14-6-8-24(9-7-14)12-17-10-18(23-29-17)15-2-4-16(21)5-3-15/h2-5,10,14H,6-9,11-13H2,1H3,(H,22,26)(H,27,28). The molecule has 2 amide bonds. The molecule has 156 valence electrons. The molecule has 2 heterocycles. The molecule has 8 nitrogen and oxygen atoms in total. The van der Waals surface area contributed by atoms with E-state index < -0.39 is 6.09 Å². The minimum absolute atomic E-state index is 0.127. The van der Waals surface area contributed by atoms with E-state index in [0.717, 1.165) is 42.9 Å². The molecule has 0 bridgehead atoms. The van der Waals surface area contributed by atoms with Gasteiger partial charge in [0.25, 0.3) is 0 Å². The van der Waals surface area contributed by atoms with Crippen LogP contribution in [-0.2, 0) is 11.3 Å². The second kappa shape index (κ2) is 9.76. The van der Waals surface area contributed by atoms with Gasteiger partial charge in [0, 0.05) is 30.2 Å². The molecule has 1 aliphatic heterocycles. The molecule has 0 aliphatic carbocycles. The van der Waals surface area contributed by atoms with E-state index in [1.54, 1.807) is 0 Å². The van der Waals surface area contributed by atoms with E-state index in [1.807, 2.05) is 30.3 Å². The number of carboxylic acid groups (broad SMARTS) is 1. The van der Waals surface area contributed by atoms with Crippen molar-refractivity contribution in [1.82, 2.24) is 20.3 Å². The quantitative estimate of drug-likeness (QED) is 0.714. The zero-order valence-corrected chi connectivity index (χ0v) is 17.1. The largest absolute Gasteiger partial charge is 0.465 e. The minimum Gasteiger partial charge on any atom is -0.465 e. The smallest absolute Gasteiger partial charge is 0.407 e. The van der Waals surface area contributed by atoms with Gasteiger partial charge in [-0.2, -0.15) is 0 Å². The monoisotopic (exact) mass is 420 g/mol. The number of nitrogens with zero attached hydrogens (tertiary/aromatic N) is 3. The van der Waals surface area contributed by atoms with Crippen LogP contribution in [0.15, 0.2) is 34.9 Å². The van der Waals surface area contributed by atoms with Crippen molar-refractivity contribution in [3.8, 4) is 11.3 Å². The summed E-state index contributed by atoms with van der Waals surface area (Å²) in [4.78, 5) is 26.3. The Hall–Kier alpha value is -2.58. The summed E-state index contributed by atoms with van der Waals surface area (Å²) in [6.07, 6.45) is 0.679. The first-order chi connectivity index (χ1) is 13.9. The fourth-order valence-electron chi connectivity index (χ4n) is 3.47. The molecule has 1 fully saturated rings. The average molecular weight is 421 g/mol. The van der Waals surface area contributed by atoms with E-state index in [1.165, 1.54) is 11.9 Å². The molecule has 0 radical (unpaired) electrons. The predicted octanol–water partition coefficient (Wildman–Crippen LogP) is 2.93. The van der Waals surface area contributed by atoms with Crippen molar-refractivity contribution in [2.75, 3.05) is 33.2 Å². The third-order valence-electron chi connectivity index (χ3n) is 5.15. The third kappa shape index (κ3) is 5.95. The van der Waals surface area contributed by atoms with Crippen molar-refractivity contribution >= 4 is 23.6 Å². The highest BCUT2D eigenvalue weighted by Crippen LogP contribution is 2.24. The van der Waals surface area contributed by atoms with E-state index in [4.69, 9.17) is 16.1 Å². The molecular weight excluding hydrogens is 396 g/mol. The number of likely N-dealkylation sites (N-methyl/N-ethyl adjacent to an activating group) is 1. The highest BCUT2D eigenvalue weighted by Gasteiger charge is 2.25. The van der Waals surface area contributed by atoms with Crippen molar-refractivity contribution in [3.63, 3.8) is 0 Å². The maximum Gasteiger partial charge on any atom is 0.407 e. The van der Waals surface area contributed by atoms with Crippen LogP contribution in [0.25, 0.3) is 11.3 Å². The Morgan fingerprint density at radius 3 is 2.62 bits per heavy atom. The zero-order valence-electron chi connectivity index (χ0n) is 16.3. The summed E-state index contributed by atoms with van der Waals surface area (Å²) in [6.45, 7) is 2.59. The first kappa shape index (κ1) is 21.1. The molecule has 0 saturated carbocycles. The summed E-state index contributed by atoms with van der Waals surface area (Å²) in [6, 6.07) is 9.39.